The molecule has 2 aromatic heterocycles. The van der Waals surface area contributed by atoms with E-state index < -0.39 is 0 Å². The van der Waals surface area contributed by atoms with Crippen molar-refractivity contribution in [3.05, 3.63) is 54.0 Å². The number of aryl methyl sites for hydroxylation is 1. The maximum Gasteiger partial charge on any atom is 0.224 e. The molecule has 0 atom stereocenters. The lowest BCUT2D eigenvalue weighted by Crippen LogP contribution is -2.06. The van der Waals surface area contributed by atoms with E-state index >= 15 is 0 Å². The van der Waals surface area contributed by atoms with Crippen LogP contribution in [0.25, 0.3) is 0 Å². The summed E-state index contributed by atoms with van der Waals surface area (Å²) in [5, 5.41) is 6.50. The van der Waals surface area contributed by atoms with Gasteiger partial charge in [0.2, 0.25) is 11.7 Å². The van der Waals surface area contributed by atoms with Crippen LogP contribution >= 0.6 is 0 Å². The van der Waals surface area contributed by atoms with Gasteiger partial charge >= 0.3 is 0 Å². The van der Waals surface area contributed by atoms with Crippen molar-refractivity contribution in [2.75, 3.05) is 32.0 Å². The Hall–Kier alpha value is -3.55. The van der Waals surface area contributed by atoms with Gasteiger partial charge in [0, 0.05) is 48.5 Å². The lowest BCUT2D eigenvalue weighted by molar-refractivity contribution is 0.324. The summed E-state index contributed by atoms with van der Waals surface area (Å²) in [6.07, 6.45) is 5.31. The van der Waals surface area contributed by atoms with Crippen molar-refractivity contribution in [2.45, 2.75) is 13.5 Å². The van der Waals surface area contributed by atoms with Crippen LogP contribution in [0.1, 0.15) is 11.1 Å². The molecule has 0 fully saturated rings. The van der Waals surface area contributed by atoms with Crippen LogP contribution in [0.4, 0.5) is 17.5 Å². The summed E-state index contributed by atoms with van der Waals surface area (Å²) in [4.78, 5) is 13.0. The van der Waals surface area contributed by atoms with Crippen molar-refractivity contribution >= 4 is 17.5 Å². The van der Waals surface area contributed by atoms with E-state index in [9.17, 15) is 0 Å². The molecule has 0 aliphatic rings. The van der Waals surface area contributed by atoms with Crippen LogP contribution in [-0.4, -0.2) is 36.3 Å². The van der Waals surface area contributed by atoms with Crippen LogP contribution in [0.2, 0.25) is 0 Å². The van der Waals surface area contributed by atoms with Crippen molar-refractivity contribution < 1.29 is 14.2 Å². The molecule has 0 saturated carbocycles. The lowest BCUT2D eigenvalue weighted by atomic mass is 10.2. The molecule has 0 unspecified atom stereocenters. The minimum Gasteiger partial charge on any atom is -0.493 e. The van der Waals surface area contributed by atoms with Crippen molar-refractivity contribution in [1.29, 1.82) is 0 Å². The van der Waals surface area contributed by atoms with Crippen molar-refractivity contribution in [2.24, 2.45) is 0 Å². The Morgan fingerprint density at radius 2 is 1.75 bits per heavy atom. The Bertz CT molecular complexity index is 909. The van der Waals surface area contributed by atoms with Crippen molar-refractivity contribution in [3.63, 3.8) is 0 Å². The maximum atomic E-state index is 5.40. The summed E-state index contributed by atoms with van der Waals surface area (Å²) in [5.74, 6) is 2.85. The van der Waals surface area contributed by atoms with Crippen molar-refractivity contribution in [3.8, 4) is 17.2 Å². The highest BCUT2D eigenvalue weighted by Gasteiger charge is 2.14. The molecule has 0 bridgehead atoms. The Labute approximate surface area is 163 Å². The Kier molecular flexibility index (Phi) is 6.11. The van der Waals surface area contributed by atoms with Crippen LogP contribution in [0.15, 0.2) is 42.9 Å². The zero-order valence-electron chi connectivity index (χ0n) is 16.3. The van der Waals surface area contributed by atoms with Crippen LogP contribution in [0.3, 0.4) is 0 Å². The minimum absolute atomic E-state index is 0.518. The molecule has 0 amide bonds. The zero-order valence-corrected chi connectivity index (χ0v) is 16.3. The zero-order chi connectivity index (χ0) is 19.9. The number of ether oxygens (including phenoxy) is 3. The molecule has 8 heteroatoms. The van der Waals surface area contributed by atoms with Gasteiger partial charge in [0.25, 0.3) is 0 Å². The summed E-state index contributed by atoms with van der Waals surface area (Å²) in [5.41, 5.74) is 2.71. The van der Waals surface area contributed by atoms with Gasteiger partial charge < -0.3 is 24.8 Å². The normalized spacial score (nSPS) is 10.3. The first-order valence-electron chi connectivity index (χ1n) is 8.68. The first kappa shape index (κ1) is 19.2. The van der Waals surface area contributed by atoms with Gasteiger partial charge in [-0.1, -0.05) is 6.07 Å². The van der Waals surface area contributed by atoms with Crippen LogP contribution in [-0.2, 0) is 6.54 Å². The molecular formula is C20H23N5O3. The number of aromatic nitrogens is 3. The van der Waals surface area contributed by atoms with E-state index in [1.54, 1.807) is 39.9 Å². The molecule has 28 heavy (non-hydrogen) atoms. The van der Waals surface area contributed by atoms with Gasteiger partial charge in [-0.3, -0.25) is 4.98 Å². The third-order valence-corrected chi connectivity index (χ3v) is 4.07. The number of methoxy groups -OCH3 is 3. The highest BCUT2D eigenvalue weighted by Crippen LogP contribution is 2.40. The van der Waals surface area contributed by atoms with Crippen LogP contribution in [0.5, 0.6) is 17.2 Å². The van der Waals surface area contributed by atoms with Crippen LogP contribution < -0.4 is 24.8 Å². The minimum atomic E-state index is 0.518. The Morgan fingerprint density at radius 1 is 1.00 bits per heavy atom. The fourth-order valence-corrected chi connectivity index (χ4v) is 2.63. The quantitative estimate of drug-likeness (QED) is 0.612. The summed E-state index contributed by atoms with van der Waals surface area (Å²) >= 11 is 0. The molecule has 0 saturated heterocycles. The molecule has 3 aromatic rings. The number of pyridine rings is 1. The number of hydrogen-bond donors (Lipinski definition) is 2. The van der Waals surface area contributed by atoms with E-state index in [0.717, 1.165) is 16.8 Å². The summed E-state index contributed by atoms with van der Waals surface area (Å²) in [6, 6.07) is 7.53. The van der Waals surface area contributed by atoms with Crippen LogP contribution in [0, 0.1) is 6.92 Å². The first-order valence-corrected chi connectivity index (χ1v) is 8.68. The molecule has 0 aliphatic heterocycles. The molecular weight excluding hydrogens is 358 g/mol. The monoisotopic (exact) mass is 381 g/mol. The molecule has 0 aliphatic carbocycles. The fraction of sp³-hybridized carbons (Fsp3) is 0.250. The largest absolute Gasteiger partial charge is 0.493 e. The summed E-state index contributed by atoms with van der Waals surface area (Å²) in [7, 11) is 4.73. The maximum absolute atomic E-state index is 5.40. The molecule has 2 heterocycles. The van der Waals surface area contributed by atoms with Gasteiger partial charge in [-0.2, -0.15) is 4.98 Å². The predicted octanol–water partition coefficient (Wildman–Crippen LogP) is 3.56. The summed E-state index contributed by atoms with van der Waals surface area (Å²) < 4.78 is 16.2. The molecule has 146 valence electrons. The Balaban J connectivity index is 1.82. The smallest absolute Gasteiger partial charge is 0.224 e. The topological polar surface area (TPSA) is 90.4 Å². The number of rotatable bonds is 8. The molecule has 2 N–H and O–H groups in total. The van der Waals surface area contributed by atoms with Crippen molar-refractivity contribution in [1.82, 2.24) is 15.0 Å². The van der Waals surface area contributed by atoms with E-state index in [0.29, 0.717) is 35.6 Å². The van der Waals surface area contributed by atoms with Gasteiger partial charge in [-0.05, 0) is 18.6 Å². The Morgan fingerprint density at radius 3 is 2.36 bits per heavy atom. The van der Waals surface area contributed by atoms with Gasteiger partial charge in [0.15, 0.2) is 11.5 Å². The first-order chi connectivity index (χ1) is 13.6. The number of benzene rings is 1. The molecule has 3 rings (SSSR count). The predicted molar refractivity (Wildman–Crippen MR) is 108 cm³/mol. The fourth-order valence-electron chi connectivity index (χ4n) is 2.63. The number of nitrogens with zero attached hydrogens (tertiary/aromatic N) is 3. The van der Waals surface area contributed by atoms with E-state index in [1.165, 1.54) is 0 Å². The number of nitrogens with one attached hydrogen (secondary N) is 2. The van der Waals surface area contributed by atoms with Gasteiger partial charge in [-0.25, -0.2) is 4.98 Å². The number of anilines is 3. The second-order valence-electron chi connectivity index (χ2n) is 5.98. The van der Waals surface area contributed by atoms with E-state index in [4.69, 9.17) is 14.2 Å². The van der Waals surface area contributed by atoms with Gasteiger partial charge in [0.1, 0.15) is 5.82 Å². The van der Waals surface area contributed by atoms with E-state index in [2.05, 4.69) is 25.6 Å². The second-order valence-corrected chi connectivity index (χ2v) is 5.98. The third-order valence-electron chi connectivity index (χ3n) is 4.07. The lowest BCUT2D eigenvalue weighted by Gasteiger charge is -2.16. The second kappa shape index (κ2) is 8.90. The average molecular weight is 381 g/mol. The third kappa shape index (κ3) is 4.40. The average Bonchev–Trinajstić information content (AvgIpc) is 2.74. The van der Waals surface area contributed by atoms with E-state index in [1.807, 2.05) is 31.2 Å². The van der Waals surface area contributed by atoms with E-state index in [-0.39, 0.29) is 0 Å². The highest BCUT2D eigenvalue weighted by molar-refractivity contribution is 5.68. The molecule has 1 aromatic carbocycles. The molecule has 8 nitrogen and oxygen atoms in total. The standard InChI is InChI=1S/C20H23N5O3/c1-13-10-22-20(23-12-14-6-5-7-21-11-14)25-19(13)24-15-8-16(26-2)18(28-4)17(9-15)27-3/h5-11H,12H2,1-4H3,(H2,22,23,24,25). The summed E-state index contributed by atoms with van der Waals surface area (Å²) in [6.45, 7) is 2.52. The van der Waals surface area contributed by atoms with Gasteiger partial charge in [0.05, 0.1) is 21.3 Å². The molecule has 0 spiro atoms. The number of hydrogen-bond acceptors (Lipinski definition) is 8. The van der Waals surface area contributed by atoms with Gasteiger partial charge in [-0.15, -0.1) is 0 Å². The SMILES string of the molecule is COc1cc(Nc2nc(NCc3cccnc3)ncc2C)cc(OC)c1OC. The molecule has 0 radical (unpaired) electrons. The highest BCUT2D eigenvalue weighted by atomic mass is 16.5.